The zero-order valence-corrected chi connectivity index (χ0v) is 7.18. The maximum absolute atomic E-state index is 5.04. The van der Waals surface area contributed by atoms with E-state index in [-0.39, 0.29) is 0 Å². The number of halogens is 1. The smallest absolute Gasteiger partial charge is 0.142 e. The van der Waals surface area contributed by atoms with Crippen molar-refractivity contribution in [3.05, 3.63) is 24.3 Å². The quantitative estimate of drug-likeness (QED) is 0.743. The van der Waals surface area contributed by atoms with Crippen molar-refractivity contribution in [3.8, 4) is 5.75 Å². The largest absolute Gasteiger partial charge is 0.495 e. The van der Waals surface area contributed by atoms with Crippen molar-refractivity contribution < 1.29 is 4.74 Å². The Hall–Kier alpha value is -0.700. The zero-order chi connectivity index (χ0) is 7.40. The normalized spacial score (nSPS) is 9.00. The molecule has 0 aliphatic carbocycles. The first-order valence-corrected chi connectivity index (χ1v) is 3.67. The molecule has 0 bridgehead atoms. The molecule has 1 N–H and O–H groups in total. The summed E-state index contributed by atoms with van der Waals surface area (Å²) in [5.41, 5.74) is 0.935. The molecule has 3 heteroatoms. The third-order valence-corrected chi connectivity index (χ3v) is 1.64. The van der Waals surface area contributed by atoms with Crippen molar-refractivity contribution in [3.63, 3.8) is 0 Å². The molecule has 0 aliphatic rings. The summed E-state index contributed by atoms with van der Waals surface area (Å²) >= 11 is 3.12. The molecule has 0 fully saturated rings. The Balaban J connectivity index is 2.96. The molecule has 10 heavy (non-hydrogen) atoms. The molecule has 1 rings (SSSR count). The number of anilines is 1. The predicted octanol–water partition coefficient (Wildman–Crippen LogP) is 2.42. The van der Waals surface area contributed by atoms with Gasteiger partial charge in [0.2, 0.25) is 0 Å². The van der Waals surface area contributed by atoms with E-state index in [4.69, 9.17) is 4.74 Å². The van der Waals surface area contributed by atoms with Gasteiger partial charge in [0.25, 0.3) is 0 Å². The number of nitrogens with one attached hydrogen (secondary N) is 1. The first-order valence-electron chi connectivity index (χ1n) is 2.88. The molecule has 0 amide bonds. The van der Waals surface area contributed by atoms with Crippen LogP contribution in [0.4, 0.5) is 5.69 Å². The lowest BCUT2D eigenvalue weighted by molar-refractivity contribution is 0.417. The summed E-state index contributed by atoms with van der Waals surface area (Å²) < 4.78 is 7.88. The van der Waals surface area contributed by atoms with Gasteiger partial charge in [0.15, 0.2) is 0 Å². The molecule has 0 spiro atoms. The number of ether oxygens (including phenoxy) is 1. The Bertz CT molecular complexity index is 192. The van der Waals surface area contributed by atoms with Crippen LogP contribution in [0.2, 0.25) is 0 Å². The van der Waals surface area contributed by atoms with E-state index in [0.29, 0.717) is 0 Å². The summed E-state index contributed by atoms with van der Waals surface area (Å²) in [5, 5.41) is 0. The highest BCUT2D eigenvalue weighted by Crippen LogP contribution is 2.23. The van der Waals surface area contributed by atoms with E-state index in [1.807, 2.05) is 24.3 Å². The Kier molecular flexibility index (Phi) is 2.57. The molecule has 0 aromatic heterocycles. The number of rotatable bonds is 2. The number of hydrogen-bond donors (Lipinski definition) is 1. The molecule has 0 atom stereocenters. The summed E-state index contributed by atoms with van der Waals surface area (Å²) in [5.74, 6) is 0.833. The van der Waals surface area contributed by atoms with Crippen molar-refractivity contribution in [2.75, 3.05) is 11.5 Å². The van der Waals surface area contributed by atoms with Gasteiger partial charge in [0.1, 0.15) is 5.75 Å². The fourth-order valence-electron chi connectivity index (χ4n) is 0.723. The number of benzene rings is 1. The van der Waals surface area contributed by atoms with Crippen molar-refractivity contribution in [1.29, 1.82) is 0 Å². The summed E-state index contributed by atoms with van der Waals surface area (Å²) in [4.78, 5) is 0. The van der Waals surface area contributed by atoms with Crippen LogP contribution in [0, 0.1) is 0 Å². The monoisotopic (exact) mass is 201 g/mol. The standard InChI is InChI=1S/C7H8BrNO/c1-10-7-5-3-2-4-6(7)9-8/h2-5,9H,1H3. The van der Waals surface area contributed by atoms with Crippen molar-refractivity contribution in [1.82, 2.24) is 0 Å². The van der Waals surface area contributed by atoms with Crippen molar-refractivity contribution >= 4 is 21.8 Å². The lowest BCUT2D eigenvalue weighted by Gasteiger charge is -2.04. The average Bonchev–Trinajstić information content (AvgIpc) is 2.04. The minimum Gasteiger partial charge on any atom is -0.495 e. The maximum Gasteiger partial charge on any atom is 0.142 e. The molecular weight excluding hydrogens is 194 g/mol. The lowest BCUT2D eigenvalue weighted by atomic mass is 10.3. The number of methoxy groups -OCH3 is 1. The maximum atomic E-state index is 5.04. The Morgan fingerprint density at radius 3 is 2.60 bits per heavy atom. The molecule has 0 unspecified atom stereocenters. The van der Waals surface area contributed by atoms with E-state index >= 15 is 0 Å². The van der Waals surface area contributed by atoms with Gasteiger partial charge < -0.3 is 9.08 Å². The van der Waals surface area contributed by atoms with Gasteiger partial charge in [-0.3, -0.25) is 0 Å². The fraction of sp³-hybridized carbons (Fsp3) is 0.143. The lowest BCUT2D eigenvalue weighted by Crippen LogP contribution is -1.87. The van der Waals surface area contributed by atoms with Gasteiger partial charge in [-0.15, -0.1) is 0 Å². The number of para-hydroxylation sites is 2. The van der Waals surface area contributed by atoms with E-state index < -0.39 is 0 Å². The first kappa shape index (κ1) is 7.41. The summed E-state index contributed by atoms with van der Waals surface area (Å²) in [6, 6.07) is 7.68. The van der Waals surface area contributed by atoms with Crippen LogP contribution < -0.4 is 9.08 Å². The summed E-state index contributed by atoms with van der Waals surface area (Å²) in [6.45, 7) is 0. The minimum atomic E-state index is 0.833. The van der Waals surface area contributed by atoms with Gasteiger partial charge in [-0.05, 0) is 12.1 Å². The van der Waals surface area contributed by atoms with Crippen LogP contribution in [-0.2, 0) is 0 Å². The second-order valence-electron chi connectivity index (χ2n) is 1.79. The molecule has 0 radical (unpaired) electrons. The third kappa shape index (κ3) is 1.42. The van der Waals surface area contributed by atoms with Gasteiger partial charge >= 0.3 is 0 Å². The van der Waals surface area contributed by atoms with Crippen LogP contribution >= 0.6 is 16.1 Å². The van der Waals surface area contributed by atoms with E-state index in [0.717, 1.165) is 11.4 Å². The second kappa shape index (κ2) is 3.46. The molecule has 0 heterocycles. The van der Waals surface area contributed by atoms with Crippen LogP contribution in [-0.4, -0.2) is 7.11 Å². The van der Waals surface area contributed by atoms with Crippen LogP contribution in [0.15, 0.2) is 24.3 Å². The third-order valence-electron chi connectivity index (χ3n) is 1.21. The van der Waals surface area contributed by atoms with Crippen LogP contribution in [0.1, 0.15) is 0 Å². The highest BCUT2D eigenvalue weighted by atomic mass is 79.9. The van der Waals surface area contributed by atoms with Gasteiger partial charge in [0, 0.05) is 16.1 Å². The van der Waals surface area contributed by atoms with Crippen LogP contribution in [0.3, 0.4) is 0 Å². The van der Waals surface area contributed by atoms with E-state index in [9.17, 15) is 0 Å². The van der Waals surface area contributed by atoms with Crippen LogP contribution in [0.5, 0.6) is 5.75 Å². The van der Waals surface area contributed by atoms with Gasteiger partial charge in [-0.1, -0.05) is 12.1 Å². The summed E-state index contributed by atoms with van der Waals surface area (Å²) in [7, 11) is 1.64. The first-order chi connectivity index (χ1) is 4.88. The van der Waals surface area contributed by atoms with E-state index in [2.05, 4.69) is 20.5 Å². The van der Waals surface area contributed by atoms with Crippen molar-refractivity contribution in [2.45, 2.75) is 0 Å². The second-order valence-corrected chi connectivity index (χ2v) is 2.19. The SMILES string of the molecule is COc1ccccc1NBr. The number of hydrogen-bond acceptors (Lipinski definition) is 2. The Morgan fingerprint density at radius 1 is 1.40 bits per heavy atom. The van der Waals surface area contributed by atoms with Gasteiger partial charge in [0.05, 0.1) is 12.8 Å². The predicted molar refractivity (Wildman–Crippen MR) is 45.5 cm³/mol. The topological polar surface area (TPSA) is 21.3 Å². The highest BCUT2D eigenvalue weighted by molar-refractivity contribution is 9.10. The Morgan fingerprint density at radius 2 is 2.10 bits per heavy atom. The molecule has 0 aliphatic heterocycles. The molecule has 2 nitrogen and oxygen atoms in total. The molecule has 0 saturated carbocycles. The summed E-state index contributed by atoms with van der Waals surface area (Å²) in [6.07, 6.45) is 0. The molecule has 0 saturated heterocycles. The van der Waals surface area contributed by atoms with Gasteiger partial charge in [-0.2, -0.15) is 0 Å². The molecule has 1 aromatic rings. The van der Waals surface area contributed by atoms with Gasteiger partial charge in [-0.25, -0.2) is 0 Å². The molecule has 54 valence electrons. The molecular formula is C7H8BrNO. The van der Waals surface area contributed by atoms with E-state index in [1.165, 1.54) is 0 Å². The fourth-order valence-corrected chi connectivity index (χ4v) is 1.05. The molecule has 1 aromatic carbocycles. The average molecular weight is 202 g/mol. The van der Waals surface area contributed by atoms with Crippen LogP contribution in [0.25, 0.3) is 0 Å². The highest BCUT2D eigenvalue weighted by Gasteiger charge is 1.96. The zero-order valence-electron chi connectivity index (χ0n) is 5.60. The van der Waals surface area contributed by atoms with E-state index in [1.54, 1.807) is 7.11 Å². The van der Waals surface area contributed by atoms with Crippen molar-refractivity contribution in [2.24, 2.45) is 0 Å². The Labute approximate surface area is 68.5 Å². The minimum absolute atomic E-state index is 0.833.